The van der Waals surface area contributed by atoms with Crippen molar-refractivity contribution in [2.24, 2.45) is 0 Å². The third-order valence-corrected chi connectivity index (χ3v) is 5.35. The van der Waals surface area contributed by atoms with Gasteiger partial charge in [-0.05, 0) is 40.8 Å². The van der Waals surface area contributed by atoms with Crippen molar-refractivity contribution in [1.82, 2.24) is 0 Å². The first-order valence-electron chi connectivity index (χ1n) is 8.43. The second-order valence-electron chi connectivity index (χ2n) is 6.45. The molecule has 0 fully saturated rings. The number of rotatable bonds is 4. The number of hydrogen-bond donors (Lipinski definition) is 0. The maximum absolute atomic E-state index is 13.7. The largest absolute Gasteiger partial charge is 0.619 e. The number of pyridine rings is 1. The highest BCUT2D eigenvalue weighted by Crippen LogP contribution is 2.43. The highest BCUT2D eigenvalue weighted by Gasteiger charge is 2.34. The maximum Gasteiger partial charge on any atom is 0.417 e. The van der Waals surface area contributed by atoms with Crippen molar-refractivity contribution in [1.29, 1.82) is 0 Å². The summed E-state index contributed by atoms with van der Waals surface area (Å²) in [6, 6.07) is 14.8. The molecule has 0 amide bonds. The van der Waals surface area contributed by atoms with Crippen LogP contribution in [0.5, 0.6) is 0 Å². The van der Waals surface area contributed by atoms with E-state index in [1.54, 1.807) is 6.07 Å². The Hall–Kier alpha value is -2.47. The third kappa shape index (κ3) is 4.45. The molecule has 0 aliphatic carbocycles. The zero-order chi connectivity index (χ0) is 19.6. The fraction of sp³-hybridized carbons (Fsp3) is 0.190. The van der Waals surface area contributed by atoms with E-state index >= 15 is 0 Å². The van der Waals surface area contributed by atoms with Gasteiger partial charge in [0, 0.05) is 21.9 Å². The molecule has 140 valence electrons. The molecule has 0 saturated carbocycles. The van der Waals surface area contributed by atoms with Crippen LogP contribution in [-0.2, 0) is 6.18 Å². The van der Waals surface area contributed by atoms with Crippen molar-refractivity contribution >= 4 is 11.8 Å². The SMILES string of the molecule is CC(C)c1ccccc1Sc1ccc(-c2cc[n+]([O-])cc2)cc1C(F)(F)F. The lowest BCUT2D eigenvalue weighted by molar-refractivity contribution is -0.605. The van der Waals surface area contributed by atoms with E-state index in [0.717, 1.165) is 28.3 Å². The van der Waals surface area contributed by atoms with E-state index in [2.05, 4.69) is 0 Å². The molecule has 0 unspecified atom stereocenters. The van der Waals surface area contributed by atoms with Gasteiger partial charge in [-0.1, -0.05) is 49.9 Å². The molecule has 1 heterocycles. The summed E-state index contributed by atoms with van der Waals surface area (Å²) in [5.41, 5.74) is 1.32. The lowest BCUT2D eigenvalue weighted by Gasteiger charge is -2.17. The monoisotopic (exact) mass is 389 g/mol. The summed E-state index contributed by atoms with van der Waals surface area (Å²) in [6.45, 7) is 4.04. The molecule has 0 aliphatic rings. The quantitative estimate of drug-likeness (QED) is 0.388. The Balaban J connectivity index is 2.05. The van der Waals surface area contributed by atoms with Crippen LogP contribution in [0.2, 0.25) is 0 Å². The molecule has 0 atom stereocenters. The summed E-state index contributed by atoms with van der Waals surface area (Å²) in [6.07, 6.45) is -1.94. The van der Waals surface area contributed by atoms with Crippen LogP contribution in [0, 0.1) is 5.21 Å². The highest BCUT2D eigenvalue weighted by atomic mass is 32.2. The molecule has 0 aliphatic heterocycles. The molecule has 0 saturated heterocycles. The molecule has 6 heteroatoms. The Labute approximate surface area is 160 Å². The van der Waals surface area contributed by atoms with Gasteiger partial charge in [0.15, 0.2) is 12.4 Å². The normalized spacial score (nSPS) is 11.8. The topological polar surface area (TPSA) is 26.9 Å². The Morgan fingerprint density at radius 1 is 0.889 bits per heavy atom. The van der Waals surface area contributed by atoms with Gasteiger partial charge in [0.25, 0.3) is 0 Å². The van der Waals surface area contributed by atoms with E-state index in [0.29, 0.717) is 15.9 Å². The van der Waals surface area contributed by atoms with Gasteiger partial charge < -0.3 is 5.21 Å². The Morgan fingerprint density at radius 2 is 1.56 bits per heavy atom. The summed E-state index contributed by atoms with van der Waals surface area (Å²) < 4.78 is 41.7. The number of nitrogens with zero attached hydrogens (tertiary/aromatic N) is 1. The van der Waals surface area contributed by atoms with Gasteiger partial charge in [-0.25, -0.2) is 0 Å². The Morgan fingerprint density at radius 3 is 2.19 bits per heavy atom. The molecular formula is C21H18F3NOS. The fourth-order valence-corrected chi connectivity index (χ4v) is 4.02. The number of halogens is 3. The first kappa shape index (κ1) is 19.3. The van der Waals surface area contributed by atoms with E-state index in [9.17, 15) is 18.4 Å². The van der Waals surface area contributed by atoms with Crippen LogP contribution in [-0.4, -0.2) is 0 Å². The predicted octanol–water partition coefficient (Wildman–Crippen LogP) is 6.28. The van der Waals surface area contributed by atoms with Gasteiger partial charge in [-0.2, -0.15) is 17.9 Å². The van der Waals surface area contributed by atoms with Gasteiger partial charge in [-0.3, -0.25) is 0 Å². The van der Waals surface area contributed by atoms with Gasteiger partial charge in [-0.15, -0.1) is 0 Å². The van der Waals surface area contributed by atoms with E-state index in [-0.39, 0.29) is 10.8 Å². The second kappa shape index (κ2) is 7.64. The van der Waals surface area contributed by atoms with Crippen molar-refractivity contribution in [2.75, 3.05) is 0 Å². The first-order valence-corrected chi connectivity index (χ1v) is 9.24. The van der Waals surface area contributed by atoms with E-state index in [1.807, 2.05) is 38.1 Å². The van der Waals surface area contributed by atoms with Gasteiger partial charge >= 0.3 is 6.18 Å². The lowest BCUT2D eigenvalue weighted by Crippen LogP contribution is -2.23. The predicted molar refractivity (Wildman–Crippen MR) is 100 cm³/mol. The van der Waals surface area contributed by atoms with E-state index in [1.165, 1.54) is 30.6 Å². The van der Waals surface area contributed by atoms with Crippen molar-refractivity contribution in [2.45, 2.75) is 35.7 Å². The summed E-state index contributed by atoms with van der Waals surface area (Å²) >= 11 is 1.13. The molecule has 3 aromatic rings. The number of alkyl halides is 3. The lowest BCUT2D eigenvalue weighted by atomic mass is 10.0. The summed E-state index contributed by atoms with van der Waals surface area (Å²) in [4.78, 5) is 0.979. The first-order chi connectivity index (χ1) is 12.8. The van der Waals surface area contributed by atoms with Crippen molar-refractivity contribution in [3.05, 3.63) is 83.3 Å². The Kier molecular flexibility index (Phi) is 5.46. The van der Waals surface area contributed by atoms with Crippen LogP contribution in [0.1, 0.15) is 30.9 Å². The van der Waals surface area contributed by atoms with Crippen molar-refractivity contribution in [3.8, 4) is 11.1 Å². The number of aromatic nitrogens is 1. The van der Waals surface area contributed by atoms with Crippen LogP contribution < -0.4 is 4.73 Å². The summed E-state index contributed by atoms with van der Waals surface area (Å²) in [5, 5.41) is 11.2. The molecule has 0 spiro atoms. The Bertz CT molecular complexity index is 937. The molecule has 2 aromatic carbocycles. The fourth-order valence-electron chi connectivity index (χ4n) is 2.79. The molecule has 0 N–H and O–H groups in total. The van der Waals surface area contributed by atoms with Crippen LogP contribution >= 0.6 is 11.8 Å². The van der Waals surface area contributed by atoms with Crippen LogP contribution in [0.25, 0.3) is 11.1 Å². The molecule has 27 heavy (non-hydrogen) atoms. The molecule has 0 radical (unpaired) electrons. The summed E-state index contributed by atoms with van der Waals surface area (Å²) in [7, 11) is 0. The number of hydrogen-bond acceptors (Lipinski definition) is 2. The second-order valence-corrected chi connectivity index (χ2v) is 7.53. The van der Waals surface area contributed by atoms with Crippen LogP contribution in [0.3, 0.4) is 0 Å². The van der Waals surface area contributed by atoms with Crippen molar-refractivity contribution < 1.29 is 17.9 Å². The summed E-state index contributed by atoms with van der Waals surface area (Å²) in [5.74, 6) is 0.213. The van der Waals surface area contributed by atoms with Crippen molar-refractivity contribution in [3.63, 3.8) is 0 Å². The number of benzene rings is 2. The molecule has 2 nitrogen and oxygen atoms in total. The van der Waals surface area contributed by atoms with Gasteiger partial charge in [0.05, 0.1) is 5.56 Å². The molecule has 0 bridgehead atoms. The standard InChI is InChI=1S/C21H18F3NOS/c1-14(2)17-5-3-4-6-19(17)27-20-8-7-16(13-18(20)21(22,23)24)15-9-11-25(26)12-10-15/h3-14H,1-2H3. The average Bonchev–Trinajstić information content (AvgIpc) is 2.62. The van der Waals surface area contributed by atoms with E-state index in [4.69, 9.17) is 0 Å². The maximum atomic E-state index is 13.7. The minimum atomic E-state index is -4.47. The zero-order valence-corrected chi connectivity index (χ0v) is 15.6. The minimum Gasteiger partial charge on any atom is -0.619 e. The van der Waals surface area contributed by atoms with Gasteiger partial charge in [0.1, 0.15) is 0 Å². The molecule has 3 rings (SSSR count). The smallest absolute Gasteiger partial charge is 0.417 e. The third-order valence-electron chi connectivity index (χ3n) is 4.18. The zero-order valence-electron chi connectivity index (χ0n) is 14.8. The van der Waals surface area contributed by atoms with Gasteiger partial charge in [0.2, 0.25) is 0 Å². The minimum absolute atomic E-state index is 0.161. The van der Waals surface area contributed by atoms with E-state index < -0.39 is 11.7 Å². The van der Waals surface area contributed by atoms with Crippen LogP contribution in [0.15, 0.2) is 76.8 Å². The average molecular weight is 389 g/mol. The van der Waals surface area contributed by atoms with Crippen LogP contribution in [0.4, 0.5) is 13.2 Å². The highest BCUT2D eigenvalue weighted by molar-refractivity contribution is 7.99. The molecular weight excluding hydrogens is 371 g/mol. The molecule has 1 aromatic heterocycles.